The van der Waals surface area contributed by atoms with Crippen LogP contribution in [0.2, 0.25) is 0 Å². The largest absolute Gasteiger partial charge is 0.446 e. The fraction of sp³-hybridized carbons (Fsp3) is 0.125. The Morgan fingerprint density at radius 3 is 2.13 bits per heavy atom. The molecular weight excluding hydrogens is 227 g/mol. The summed E-state index contributed by atoms with van der Waals surface area (Å²) < 4.78 is 35.9. The lowest BCUT2D eigenvalue weighted by Crippen LogP contribution is -2.15. The summed E-state index contributed by atoms with van der Waals surface area (Å²) >= 11 is -0.183. The number of benzene rings is 1. The molecule has 4 N–H and O–H groups in total. The van der Waals surface area contributed by atoms with Crippen molar-refractivity contribution >= 4 is 17.6 Å². The Hall–Kier alpha value is -1.37. The van der Waals surface area contributed by atoms with Gasteiger partial charge in [-0.1, -0.05) is 12.1 Å². The van der Waals surface area contributed by atoms with Crippen LogP contribution in [0, 0.1) is 0 Å². The molecule has 0 amide bonds. The van der Waals surface area contributed by atoms with Gasteiger partial charge in [0.2, 0.25) is 0 Å². The maximum Gasteiger partial charge on any atom is 0.446 e. The van der Waals surface area contributed by atoms with Gasteiger partial charge in [0.05, 0.1) is 0 Å². The summed E-state index contributed by atoms with van der Waals surface area (Å²) in [4.78, 5) is 0.0936. The average Bonchev–Trinajstić information content (AvgIpc) is 2.15. The summed E-state index contributed by atoms with van der Waals surface area (Å²) in [7, 11) is 0. The van der Waals surface area contributed by atoms with E-state index in [1.165, 1.54) is 24.3 Å². The lowest BCUT2D eigenvalue weighted by Gasteiger charge is -2.05. The molecule has 7 heteroatoms. The van der Waals surface area contributed by atoms with E-state index in [1.807, 2.05) is 0 Å². The monoisotopic (exact) mass is 235 g/mol. The Labute approximate surface area is 88.3 Å². The molecular formula is C8H8F3N3S. The van der Waals surface area contributed by atoms with Crippen LogP contribution in [-0.4, -0.2) is 11.3 Å². The molecule has 0 saturated carbocycles. The average molecular weight is 235 g/mol. The first-order valence-electron chi connectivity index (χ1n) is 3.82. The van der Waals surface area contributed by atoms with E-state index in [0.29, 0.717) is 5.56 Å². The van der Waals surface area contributed by atoms with E-state index in [0.717, 1.165) is 0 Å². The molecule has 0 heterocycles. The topological polar surface area (TPSA) is 64.4 Å². The molecule has 0 atom stereocenters. The Kier molecular flexibility index (Phi) is 3.46. The second kappa shape index (κ2) is 4.43. The number of rotatable bonds is 2. The molecule has 0 fully saturated rings. The number of alkyl halides is 3. The molecule has 0 aliphatic rings. The van der Waals surface area contributed by atoms with Crippen LogP contribution in [0.1, 0.15) is 5.56 Å². The predicted octanol–water partition coefficient (Wildman–Crippen LogP) is 1.88. The second-order valence-electron chi connectivity index (χ2n) is 2.59. The summed E-state index contributed by atoms with van der Waals surface area (Å²) in [5, 5.41) is 3.23. The summed E-state index contributed by atoms with van der Waals surface area (Å²) in [6.07, 6.45) is 0. The summed E-state index contributed by atoms with van der Waals surface area (Å²) in [5.74, 6) is 5.00. The molecule has 0 aliphatic carbocycles. The number of halogens is 3. The first-order valence-corrected chi connectivity index (χ1v) is 4.63. The van der Waals surface area contributed by atoms with Gasteiger partial charge in [-0.2, -0.15) is 18.3 Å². The van der Waals surface area contributed by atoms with E-state index in [4.69, 9.17) is 11.6 Å². The number of amidine groups is 1. The Morgan fingerprint density at radius 1 is 1.20 bits per heavy atom. The maximum atomic E-state index is 12.0. The Bertz CT molecular complexity index is 358. The van der Waals surface area contributed by atoms with E-state index >= 15 is 0 Å². The van der Waals surface area contributed by atoms with E-state index < -0.39 is 5.51 Å². The van der Waals surface area contributed by atoms with Crippen LogP contribution in [0.25, 0.3) is 0 Å². The molecule has 0 bridgehead atoms. The minimum atomic E-state index is -4.28. The van der Waals surface area contributed by atoms with Crippen LogP contribution >= 0.6 is 11.8 Å². The van der Waals surface area contributed by atoms with Crippen LogP contribution in [-0.2, 0) is 0 Å². The number of thioether (sulfide) groups is 1. The van der Waals surface area contributed by atoms with Crippen molar-refractivity contribution in [1.82, 2.24) is 0 Å². The van der Waals surface area contributed by atoms with Crippen LogP contribution in [0.3, 0.4) is 0 Å². The first-order chi connectivity index (χ1) is 6.92. The molecule has 0 aromatic heterocycles. The van der Waals surface area contributed by atoms with Gasteiger partial charge >= 0.3 is 5.51 Å². The molecule has 0 radical (unpaired) electrons. The highest BCUT2D eigenvalue weighted by Gasteiger charge is 2.28. The van der Waals surface area contributed by atoms with Crippen LogP contribution in [0.15, 0.2) is 34.3 Å². The lowest BCUT2D eigenvalue weighted by molar-refractivity contribution is -0.0328. The quantitative estimate of drug-likeness (QED) is 0.270. The predicted molar refractivity (Wildman–Crippen MR) is 53.3 cm³/mol. The first kappa shape index (κ1) is 11.7. The molecule has 0 unspecified atom stereocenters. The highest BCUT2D eigenvalue weighted by molar-refractivity contribution is 8.00. The third-order valence-corrected chi connectivity index (χ3v) is 2.26. The van der Waals surface area contributed by atoms with Gasteiger partial charge in [-0.05, 0) is 23.9 Å². The molecule has 1 rings (SSSR count). The van der Waals surface area contributed by atoms with E-state index in [9.17, 15) is 13.2 Å². The summed E-state index contributed by atoms with van der Waals surface area (Å²) in [6, 6.07) is 5.48. The van der Waals surface area contributed by atoms with Crippen molar-refractivity contribution in [3.8, 4) is 0 Å². The van der Waals surface area contributed by atoms with Crippen LogP contribution in [0.4, 0.5) is 13.2 Å². The van der Waals surface area contributed by atoms with Gasteiger partial charge in [-0.3, -0.25) is 0 Å². The highest BCUT2D eigenvalue weighted by atomic mass is 32.2. The summed E-state index contributed by atoms with van der Waals surface area (Å²) in [6.45, 7) is 0. The number of nitrogens with zero attached hydrogens (tertiary/aromatic N) is 1. The SMILES string of the molecule is N/N=C(/N)c1ccc(SC(F)(F)F)cc1. The molecule has 82 valence electrons. The minimum absolute atomic E-state index is 0.0820. The molecule has 0 aliphatic heterocycles. The Balaban J connectivity index is 2.82. The third kappa shape index (κ3) is 3.70. The molecule has 3 nitrogen and oxygen atoms in total. The molecule has 0 saturated heterocycles. The summed E-state index contributed by atoms with van der Waals surface area (Å²) in [5.41, 5.74) is 1.57. The van der Waals surface area contributed by atoms with Gasteiger partial charge in [0.1, 0.15) is 5.84 Å². The molecule has 15 heavy (non-hydrogen) atoms. The normalized spacial score (nSPS) is 12.9. The smallest absolute Gasteiger partial charge is 0.382 e. The van der Waals surface area contributed by atoms with Crippen LogP contribution < -0.4 is 11.6 Å². The zero-order valence-electron chi connectivity index (χ0n) is 7.45. The van der Waals surface area contributed by atoms with Crippen molar-refractivity contribution in [1.29, 1.82) is 0 Å². The third-order valence-electron chi connectivity index (χ3n) is 1.52. The van der Waals surface area contributed by atoms with Crippen molar-refractivity contribution in [2.45, 2.75) is 10.4 Å². The minimum Gasteiger partial charge on any atom is -0.382 e. The number of hydrazone groups is 1. The maximum absolute atomic E-state index is 12.0. The van der Waals surface area contributed by atoms with Gasteiger partial charge in [-0.25, -0.2) is 0 Å². The van der Waals surface area contributed by atoms with Crippen molar-refractivity contribution < 1.29 is 13.2 Å². The van der Waals surface area contributed by atoms with Gasteiger partial charge in [0, 0.05) is 10.5 Å². The van der Waals surface area contributed by atoms with Crippen molar-refractivity contribution in [3.05, 3.63) is 29.8 Å². The fourth-order valence-electron chi connectivity index (χ4n) is 0.902. The number of nitrogens with two attached hydrogens (primary N) is 2. The Morgan fingerprint density at radius 2 is 1.73 bits per heavy atom. The highest BCUT2D eigenvalue weighted by Crippen LogP contribution is 2.36. The van der Waals surface area contributed by atoms with E-state index in [1.54, 1.807) is 0 Å². The zero-order valence-corrected chi connectivity index (χ0v) is 8.27. The van der Waals surface area contributed by atoms with E-state index in [2.05, 4.69) is 5.10 Å². The van der Waals surface area contributed by atoms with E-state index in [-0.39, 0.29) is 22.5 Å². The van der Waals surface area contributed by atoms with Gasteiger partial charge in [0.15, 0.2) is 0 Å². The molecule has 0 spiro atoms. The van der Waals surface area contributed by atoms with Gasteiger partial charge in [-0.15, -0.1) is 0 Å². The van der Waals surface area contributed by atoms with Crippen molar-refractivity contribution in [2.75, 3.05) is 0 Å². The zero-order chi connectivity index (χ0) is 11.5. The molecule has 1 aromatic carbocycles. The number of hydrogen-bond donors (Lipinski definition) is 2. The van der Waals surface area contributed by atoms with Crippen LogP contribution in [0.5, 0.6) is 0 Å². The number of hydrogen-bond acceptors (Lipinski definition) is 3. The van der Waals surface area contributed by atoms with Crippen molar-refractivity contribution in [2.24, 2.45) is 16.7 Å². The fourth-order valence-corrected chi connectivity index (χ4v) is 1.44. The van der Waals surface area contributed by atoms with Gasteiger partial charge in [0.25, 0.3) is 0 Å². The molecule has 1 aromatic rings. The van der Waals surface area contributed by atoms with Crippen molar-refractivity contribution in [3.63, 3.8) is 0 Å². The van der Waals surface area contributed by atoms with Gasteiger partial charge < -0.3 is 11.6 Å². The standard InChI is InChI=1S/C8H8F3N3S/c9-8(10,11)15-6-3-1-5(2-4-6)7(12)14-13/h1-4H,13H2,(H2,12,14). The second-order valence-corrected chi connectivity index (χ2v) is 3.72. The lowest BCUT2D eigenvalue weighted by atomic mass is 10.2.